The molecular formula is C27H21Cl2N3O2. The number of halogens is 2. The molecule has 0 saturated carbocycles. The number of nitriles is 1. The summed E-state index contributed by atoms with van der Waals surface area (Å²) in [5.74, 6) is 0.158. The van der Waals surface area contributed by atoms with Crippen molar-refractivity contribution in [1.82, 2.24) is 4.57 Å². The molecular weight excluding hydrogens is 469 g/mol. The zero-order valence-corrected chi connectivity index (χ0v) is 19.9. The predicted octanol–water partition coefficient (Wildman–Crippen LogP) is 6.94. The van der Waals surface area contributed by atoms with E-state index in [1.165, 1.54) is 0 Å². The van der Waals surface area contributed by atoms with E-state index in [0.717, 1.165) is 22.0 Å². The Labute approximate surface area is 207 Å². The van der Waals surface area contributed by atoms with Gasteiger partial charge in [-0.1, -0.05) is 53.5 Å². The number of anilines is 1. The number of hydrogen-bond donors (Lipinski definition) is 1. The Kier molecular flexibility index (Phi) is 7.22. The van der Waals surface area contributed by atoms with Crippen molar-refractivity contribution in [2.75, 3.05) is 11.9 Å². The van der Waals surface area contributed by atoms with Gasteiger partial charge in [0.15, 0.2) is 0 Å². The molecule has 0 bridgehead atoms. The van der Waals surface area contributed by atoms with Crippen molar-refractivity contribution in [2.24, 2.45) is 0 Å². The molecule has 0 aliphatic carbocycles. The van der Waals surface area contributed by atoms with Crippen molar-refractivity contribution < 1.29 is 9.53 Å². The molecule has 0 spiro atoms. The number of rotatable bonds is 7. The predicted molar refractivity (Wildman–Crippen MR) is 137 cm³/mol. The zero-order valence-electron chi connectivity index (χ0n) is 18.4. The third-order valence-corrected chi connectivity index (χ3v) is 5.96. The van der Waals surface area contributed by atoms with E-state index in [1.54, 1.807) is 30.3 Å². The smallest absolute Gasteiger partial charge is 0.266 e. The quantitative estimate of drug-likeness (QED) is 0.225. The standard InChI is InChI=1S/C27H21Cl2N3O2/c1-2-34-22-7-5-6-21(14-22)31-27(33)19(15-30)13-20-17-32(26-9-4-3-8-23(20)26)16-18-10-11-24(28)25(29)12-18/h3-14,17H,2,16H2,1H3,(H,31,33)/b19-13-. The molecule has 4 aromatic rings. The van der Waals surface area contributed by atoms with Gasteiger partial charge in [0.1, 0.15) is 17.4 Å². The van der Waals surface area contributed by atoms with E-state index in [9.17, 15) is 10.1 Å². The van der Waals surface area contributed by atoms with Gasteiger partial charge in [0, 0.05) is 41.0 Å². The van der Waals surface area contributed by atoms with Crippen molar-refractivity contribution in [3.63, 3.8) is 0 Å². The van der Waals surface area contributed by atoms with Gasteiger partial charge in [-0.05, 0) is 48.9 Å². The fraction of sp³-hybridized carbons (Fsp3) is 0.111. The topological polar surface area (TPSA) is 67.0 Å². The first kappa shape index (κ1) is 23.4. The molecule has 1 aromatic heterocycles. The highest BCUT2D eigenvalue weighted by Crippen LogP contribution is 2.27. The molecule has 0 aliphatic heterocycles. The van der Waals surface area contributed by atoms with E-state index in [0.29, 0.717) is 34.6 Å². The molecule has 3 aromatic carbocycles. The van der Waals surface area contributed by atoms with Crippen LogP contribution in [0, 0.1) is 11.3 Å². The van der Waals surface area contributed by atoms with E-state index in [4.69, 9.17) is 27.9 Å². The number of nitrogens with zero attached hydrogens (tertiary/aromatic N) is 2. The SMILES string of the molecule is CCOc1cccc(NC(=O)/C(C#N)=C\c2cn(Cc3ccc(Cl)c(Cl)c3)c3ccccc23)c1. The second kappa shape index (κ2) is 10.5. The minimum Gasteiger partial charge on any atom is -0.494 e. The summed E-state index contributed by atoms with van der Waals surface area (Å²) in [6.45, 7) is 2.97. The van der Waals surface area contributed by atoms with Crippen LogP contribution in [0.5, 0.6) is 5.75 Å². The maximum absolute atomic E-state index is 12.8. The fourth-order valence-corrected chi connectivity index (χ4v) is 4.01. The fourth-order valence-electron chi connectivity index (χ4n) is 3.69. The average molecular weight is 490 g/mol. The van der Waals surface area contributed by atoms with Gasteiger partial charge in [-0.15, -0.1) is 0 Å². The summed E-state index contributed by atoms with van der Waals surface area (Å²) in [4.78, 5) is 12.8. The number of hydrogen-bond acceptors (Lipinski definition) is 3. The van der Waals surface area contributed by atoms with Crippen molar-refractivity contribution in [2.45, 2.75) is 13.5 Å². The Balaban J connectivity index is 1.65. The molecule has 4 rings (SSSR count). The number of ether oxygens (including phenoxy) is 1. The molecule has 0 fully saturated rings. The van der Waals surface area contributed by atoms with Crippen LogP contribution < -0.4 is 10.1 Å². The van der Waals surface area contributed by atoms with Gasteiger partial charge in [0.05, 0.1) is 16.7 Å². The van der Waals surface area contributed by atoms with Gasteiger partial charge >= 0.3 is 0 Å². The lowest BCUT2D eigenvalue weighted by molar-refractivity contribution is -0.112. The van der Waals surface area contributed by atoms with E-state index < -0.39 is 5.91 Å². The summed E-state index contributed by atoms with van der Waals surface area (Å²) in [5.41, 5.74) is 3.28. The van der Waals surface area contributed by atoms with Crippen LogP contribution in [0.25, 0.3) is 17.0 Å². The Hall–Kier alpha value is -3.72. The van der Waals surface area contributed by atoms with Gasteiger partial charge in [-0.2, -0.15) is 5.26 Å². The van der Waals surface area contributed by atoms with Crippen LogP contribution in [0.1, 0.15) is 18.1 Å². The Morgan fingerprint density at radius 1 is 1.09 bits per heavy atom. The number of aromatic nitrogens is 1. The van der Waals surface area contributed by atoms with Gasteiger partial charge in [-0.3, -0.25) is 4.79 Å². The molecule has 0 aliphatic rings. The van der Waals surface area contributed by atoms with Gasteiger partial charge in [-0.25, -0.2) is 0 Å². The van der Waals surface area contributed by atoms with Crippen molar-refractivity contribution in [3.05, 3.63) is 99.7 Å². The van der Waals surface area contributed by atoms with Crippen LogP contribution in [0.15, 0.2) is 78.5 Å². The van der Waals surface area contributed by atoms with Crippen LogP contribution in [0.4, 0.5) is 5.69 Å². The molecule has 0 unspecified atom stereocenters. The number of amides is 1. The maximum atomic E-state index is 12.8. The Morgan fingerprint density at radius 2 is 1.91 bits per heavy atom. The third kappa shape index (κ3) is 5.26. The average Bonchev–Trinajstić information content (AvgIpc) is 3.17. The normalized spacial score (nSPS) is 11.3. The lowest BCUT2D eigenvalue weighted by atomic mass is 10.1. The van der Waals surface area contributed by atoms with Gasteiger partial charge < -0.3 is 14.6 Å². The molecule has 1 amide bonds. The first-order valence-electron chi connectivity index (χ1n) is 10.7. The number of fused-ring (bicyclic) bond motifs is 1. The number of benzene rings is 3. The molecule has 0 radical (unpaired) electrons. The Morgan fingerprint density at radius 3 is 2.68 bits per heavy atom. The van der Waals surface area contributed by atoms with Gasteiger partial charge in [0.25, 0.3) is 5.91 Å². The highest BCUT2D eigenvalue weighted by molar-refractivity contribution is 6.42. The zero-order chi connectivity index (χ0) is 24.1. The summed E-state index contributed by atoms with van der Waals surface area (Å²) in [6, 6.07) is 22.4. The second-order valence-corrected chi connectivity index (χ2v) is 8.38. The van der Waals surface area contributed by atoms with Crippen LogP contribution in [-0.2, 0) is 11.3 Å². The summed E-state index contributed by atoms with van der Waals surface area (Å²) in [6.07, 6.45) is 3.53. The molecule has 0 atom stereocenters. The number of para-hydroxylation sites is 1. The minimum absolute atomic E-state index is 0.000691. The van der Waals surface area contributed by atoms with Crippen LogP contribution in [-0.4, -0.2) is 17.1 Å². The summed E-state index contributed by atoms with van der Waals surface area (Å²) < 4.78 is 7.53. The van der Waals surface area contributed by atoms with Crippen molar-refractivity contribution in [3.8, 4) is 11.8 Å². The minimum atomic E-state index is -0.488. The monoisotopic (exact) mass is 489 g/mol. The lowest BCUT2D eigenvalue weighted by Crippen LogP contribution is -2.13. The van der Waals surface area contributed by atoms with Gasteiger partial charge in [0.2, 0.25) is 0 Å². The molecule has 0 saturated heterocycles. The molecule has 7 heteroatoms. The maximum Gasteiger partial charge on any atom is 0.266 e. The Bertz CT molecular complexity index is 1430. The van der Waals surface area contributed by atoms with Crippen molar-refractivity contribution >= 4 is 51.8 Å². The molecule has 1 heterocycles. The first-order valence-corrected chi connectivity index (χ1v) is 11.4. The number of nitrogens with one attached hydrogen (secondary N) is 1. The third-order valence-electron chi connectivity index (χ3n) is 5.22. The van der Waals surface area contributed by atoms with E-state index in [-0.39, 0.29) is 5.57 Å². The summed E-state index contributed by atoms with van der Waals surface area (Å²) >= 11 is 12.2. The van der Waals surface area contributed by atoms with Crippen LogP contribution in [0.2, 0.25) is 10.0 Å². The highest BCUT2D eigenvalue weighted by Gasteiger charge is 2.14. The number of carbonyl (C=O) groups is 1. The summed E-state index contributed by atoms with van der Waals surface area (Å²) in [5, 5.41) is 14.4. The number of carbonyl (C=O) groups excluding carboxylic acids is 1. The second-order valence-electron chi connectivity index (χ2n) is 7.56. The van der Waals surface area contributed by atoms with E-state index in [1.807, 2.05) is 61.7 Å². The van der Waals surface area contributed by atoms with Crippen molar-refractivity contribution in [1.29, 1.82) is 5.26 Å². The van der Waals surface area contributed by atoms with Crippen LogP contribution in [0.3, 0.4) is 0 Å². The first-order chi connectivity index (χ1) is 16.5. The van der Waals surface area contributed by atoms with Crippen LogP contribution >= 0.6 is 23.2 Å². The molecule has 5 nitrogen and oxygen atoms in total. The molecule has 170 valence electrons. The lowest BCUT2D eigenvalue weighted by Gasteiger charge is -2.07. The molecule has 1 N–H and O–H groups in total. The van der Waals surface area contributed by atoms with E-state index >= 15 is 0 Å². The summed E-state index contributed by atoms with van der Waals surface area (Å²) in [7, 11) is 0. The van der Waals surface area contributed by atoms with E-state index in [2.05, 4.69) is 9.88 Å². The molecule has 34 heavy (non-hydrogen) atoms. The highest BCUT2D eigenvalue weighted by atomic mass is 35.5. The largest absolute Gasteiger partial charge is 0.494 e.